The second-order valence-corrected chi connectivity index (χ2v) is 7.85. The average Bonchev–Trinajstić information content (AvgIpc) is 3.26. The number of aromatic nitrogens is 2. The van der Waals surface area contributed by atoms with Crippen LogP contribution in [0.2, 0.25) is 0 Å². The van der Waals surface area contributed by atoms with Crippen molar-refractivity contribution in [3.05, 3.63) is 5.01 Å². The van der Waals surface area contributed by atoms with E-state index < -0.39 is 0 Å². The Labute approximate surface area is 136 Å². The van der Waals surface area contributed by atoms with E-state index in [9.17, 15) is 0 Å². The summed E-state index contributed by atoms with van der Waals surface area (Å²) in [7, 11) is 0. The van der Waals surface area contributed by atoms with Gasteiger partial charge in [0.1, 0.15) is 5.01 Å². The number of ether oxygens (including phenoxy) is 1. The van der Waals surface area contributed by atoms with Crippen molar-refractivity contribution in [2.45, 2.75) is 44.6 Å². The lowest BCUT2D eigenvalue weighted by Gasteiger charge is -2.37. The predicted molar refractivity (Wildman–Crippen MR) is 88.7 cm³/mol. The lowest BCUT2D eigenvalue weighted by molar-refractivity contribution is -0.00588. The van der Waals surface area contributed by atoms with Crippen molar-refractivity contribution in [2.75, 3.05) is 44.2 Å². The van der Waals surface area contributed by atoms with Crippen LogP contribution in [-0.4, -0.2) is 59.7 Å². The van der Waals surface area contributed by atoms with Crippen molar-refractivity contribution in [1.29, 1.82) is 0 Å². The van der Waals surface area contributed by atoms with E-state index in [0.717, 1.165) is 50.6 Å². The van der Waals surface area contributed by atoms with E-state index in [4.69, 9.17) is 9.72 Å². The molecule has 0 spiro atoms. The first kappa shape index (κ1) is 14.8. The van der Waals surface area contributed by atoms with Crippen molar-refractivity contribution >= 4 is 17.5 Å². The molecule has 2 atom stereocenters. The normalized spacial score (nSPS) is 30.7. The Morgan fingerprint density at radius 1 is 1.18 bits per heavy atom. The summed E-state index contributed by atoms with van der Waals surface area (Å²) in [6, 6.07) is 0. The molecule has 0 N–H and O–H groups in total. The molecule has 3 fully saturated rings. The molecule has 0 amide bonds. The number of hydrogen-bond donors (Lipinski definition) is 0. The Hall–Kier alpha value is -0.720. The molecule has 2 aliphatic heterocycles. The van der Waals surface area contributed by atoms with Gasteiger partial charge in [0.15, 0.2) is 0 Å². The molecular formula is C16H26N4OS. The molecule has 1 aromatic rings. The van der Waals surface area contributed by atoms with Gasteiger partial charge >= 0.3 is 0 Å². The van der Waals surface area contributed by atoms with E-state index in [1.54, 1.807) is 11.5 Å². The van der Waals surface area contributed by atoms with Gasteiger partial charge in [-0.15, -0.1) is 0 Å². The minimum atomic E-state index is 0.445. The van der Waals surface area contributed by atoms with Crippen molar-refractivity contribution in [3.63, 3.8) is 0 Å². The molecule has 22 heavy (non-hydrogen) atoms. The topological polar surface area (TPSA) is 41.5 Å². The van der Waals surface area contributed by atoms with Crippen LogP contribution in [-0.2, 0) is 4.74 Å². The summed E-state index contributed by atoms with van der Waals surface area (Å²) in [6.07, 6.45) is 5.51. The fraction of sp³-hybridized carbons (Fsp3) is 0.875. The lowest BCUT2D eigenvalue weighted by atomic mass is 9.95. The third-order valence-corrected chi connectivity index (χ3v) is 5.99. The maximum absolute atomic E-state index is 5.66. The van der Waals surface area contributed by atoms with Crippen molar-refractivity contribution in [2.24, 2.45) is 5.92 Å². The highest BCUT2D eigenvalue weighted by Gasteiger charge is 2.29. The maximum atomic E-state index is 5.66. The van der Waals surface area contributed by atoms with Crippen LogP contribution in [0.4, 0.5) is 5.95 Å². The molecule has 2 saturated heterocycles. The van der Waals surface area contributed by atoms with Gasteiger partial charge in [0.05, 0.1) is 6.10 Å². The van der Waals surface area contributed by atoms with Gasteiger partial charge in [-0.3, -0.25) is 4.90 Å². The van der Waals surface area contributed by atoms with Crippen LogP contribution in [0.3, 0.4) is 0 Å². The van der Waals surface area contributed by atoms with Gasteiger partial charge in [-0.1, -0.05) is 0 Å². The Kier molecular flexibility index (Phi) is 4.33. The smallest absolute Gasteiger partial charge is 0.237 e. The van der Waals surface area contributed by atoms with Crippen LogP contribution in [0, 0.1) is 5.92 Å². The molecule has 122 valence electrons. The van der Waals surface area contributed by atoms with Crippen LogP contribution in [0.1, 0.15) is 43.5 Å². The molecule has 0 radical (unpaired) electrons. The zero-order valence-corrected chi connectivity index (χ0v) is 14.2. The first-order valence-corrected chi connectivity index (χ1v) is 9.48. The van der Waals surface area contributed by atoms with Crippen LogP contribution in [0.5, 0.6) is 0 Å². The van der Waals surface area contributed by atoms with Crippen molar-refractivity contribution < 1.29 is 4.74 Å². The Morgan fingerprint density at radius 2 is 2.00 bits per heavy atom. The van der Waals surface area contributed by atoms with E-state index >= 15 is 0 Å². The fourth-order valence-electron chi connectivity index (χ4n) is 3.60. The molecule has 1 aromatic heterocycles. The second-order valence-electron chi connectivity index (χ2n) is 7.07. The molecular weight excluding hydrogens is 296 g/mol. The molecule has 4 rings (SSSR count). The van der Waals surface area contributed by atoms with Gasteiger partial charge in [-0.25, -0.2) is 4.98 Å². The third-order valence-electron chi connectivity index (χ3n) is 5.12. The largest absolute Gasteiger partial charge is 0.378 e. The van der Waals surface area contributed by atoms with Crippen LogP contribution < -0.4 is 4.90 Å². The Morgan fingerprint density at radius 3 is 2.73 bits per heavy atom. The van der Waals surface area contributed by atoms with Crippen LogP contribution >= 0.6 is 11.5 Å². The minimum absolute atomic E-state index is 0.445. The molecule has 2 unspecified atom stereocenters. The average molecular weight is 322 g/mol. The third kappa shape index (κ3) is 3.44. The fourth-order valence-corrected chi connectivity index (χ4v) is 4.44. The van der Waals surface area contributed by atoms with Crippen molar-refractivity contribution in [3.8, 4) is 0 Å². The quantitative estimate of drug-likeness (QED) is 0.851. The zero-order chi connectivity index (χ0) is 14.9. The van der Waals surface area contributed by atoms with Gasteiger partial charge in [0, 0.05) is 45.2 Å². The monoisotopic (exact) mass is 322 g/mol. The summed E-state index contributed by atoms with van der Waals surface area (Å²) in [5.74, 6) is 2.52. The Bertz CT molecular complexity index is 496. The van der Waals surface area contributed by atoms with Crippen LogP contribution in [0.25, 0.3) is 0 Å². The van der Waals surface area contributed by atoms with E-state index in [-0.39, 0.29) is 0 Å². The number of hydrogen-bond acceptors (Lipinski definition) is 6. The maximum Gasteiger partial charge on any atom is 0.237 e. The molecule has 0 bridgehead atoms. The summed E-state index contributed by atoms with van der Waals surface area (Å²) in [6.45, 7) is 8.81. The summed E-state index contributed by atoms with van der Waals surface area (Å²) >= 11 is 1.61. The van der Waals surface area contributed by atoms with E-state index in [0.29, 0.717) is 6.10 Å². The van der Waals surface area contributed by atoms with Crippen LogP contribution in [0.15, 0.2) is 0 Å². The summed E-state index contributed by atoms with van der Waals surface area (Å²) in [5.41, 5.74) is 0. The first-order valence-electron chi connectivity index (χ1n) is 8.70. The molecule has 5 nitrogen and oxygen atoms in total. The molecule has 0 aromatic carbocycles. The van der Waals surface area contributed by atoms with E-state index in [1.807, 2.05) is 0 Å². The number of nitrogens with zero attached hydrogens (tertiary/aromatic N) is 4. The highest BCUT2D eigenvalue weighted by molar-refractivity contribution is 7.05. The number of anilines is 1. The van der Waals surface area contributed by atoms with E-state index in [2.05, 4.69) is 21.1 Å². The minimum Gasteiger partial charge on any atom is -0.378 e. The Balaban J connectivity index is 1.26. The predicted octanol–water partition coefficient (Wildman–Crippen LogP) is 2.35. The summed E-state index contributed by atoms with van der Waals surface area (Å²) in [4.78, 5) is 9.73. The zero-order valence-electron chi connectivity index (χ0n) is 13.4. The van der Waals surface area contributed by atoms with Crippen molar-refractivity contribution in [1.82, 2.24) is 14.3 Å². The lowest BCUT2D eigenvalue weighted by Crippen LogP contribution is -2.48. The number of rotatable bonds is 4. The molecule has 1 saturated carbocycles. The highest BCUT2D eigenvalue weighted by atomic mass is 32.1. The summed E-state index contributed by atoms with van der Waals surface area (Å²) in [5, 5.41) is 1.26. The molecule has 1 aliphatic carbocycles. The second kappa shape index (κ2) is 6.42. The van der Waals surface area contributed by atoms with Gasteiger partial charge in [-0.05, 0) is 50.1 Å². The molecule has 6 heteroatoms. The SMILES string of the molecule is CC1CC(CN2CCN(c3nsc(C4CC4)n3)CC2)CCO1. The van der Waals surface area contributed by atoms with E-state index in [1.165, 1.54) is 37.2 Å². The standard InChI is InChI=1S/C16H26N4OS/c1-12-10-13(4-9-21-12)11-19-5-7-20(8-6-19)16-17-15(22-18-16)14-2-3-14/h12-14H,2-11H2,1H3. The first-order chi connectivity index (χ1) is 10.8. The van der Waals surface area contributed by atoms with Gasteiger partial charge in [0.2, 0.25) is 5.95 Å². The molecule has 3 aliphatic rings. The molecule has 3 heterocycles. The van der Waals surface area contributed by atoms with Gasteiger partial charge in [0.25, 0.3) is 0 Å². The number of piperazine rings is 1. The van der Waals surface area contributed by atoms with Gasteiger partial charge in [-0.2, -0.15) is 4.37 Å². The van der Waals surface area contributed by atoms with Gasteiger partial charge < -0.3 is 9.64 Å². The summed E-state index contributed by atoms with van der Waals surface area (Å²) < 4.78 is 10.2. The highest BCUT2D eigenvalue weighted by Crippen LogP contribution is 2.41.